The van der Waals surface area contributed by atoms with Crippen LogP contribution in [0, 0.1) is 11.8 Å². The number of amides is 3. The Morgan fingerprint density at radius 1 is 1.17 bits per heavy atom. The average Bonchev–Trinajstić information content (AvgIpc) is 2.78. The fourth-order valence-corrected chi connectivity index (χ4v) is 3.30. The standard InChI is InChI=1S/C17H17ClN2O3/c18-12-6-7-13-14(8-12)17(23)20(16(13)22)10-15(21)19-9-11-4-2-1-3-5-11/h1-6,13-14H,7-10H2,(H,19,21)/t13-,14-/m0/s1. The molecule has 0 aromatic heterocycles. The van der Waals surface area contributed by atoms with Gasteiger partial charge in [0.1, 0.15) is 6.54 Å². The Kier molecular flexibility index (Phi) is 4.48. The molecule has 1 aromatic rings. The third-order valence-electron chi connectivity index (χ3n) is 4.29. The molecule has 6 heteroatoms. The quantitative estimate of drug-likeness (QED) is 0.855. The van der Waals surface area contributed by atoms with E-state index in [0.717, 1.165) is 10.5 Å². The second-order valence-corrected chi connectivity index (χ2v) is 6.31. The highest BCUT2D eigenvalue weighted by atomic mass is 35.5. The van der Waals surface area contributed by atoms with Gasteiger partial charge in [0.05, 0.1) is 11.8 Å². The van der Waals surface area contributed by atoms with Gasteiger partial charge in [-0.15, -0.1) is 0 Å². The van der Waals surface area contributed by atoms with Crippen LogP contribution in [-0.4, -0.2) is 29.2 Å². The zero-order chi connectivity index (χ0) is 16.4. The van der Waals surface area contributed by atoms with Crippen LogP contribution in [0.25, 0.3) is 0 Å². The molecular formula is C17H17ClN2O3. The maximum absolute atomic E-state index is 12.3. The Labute approximate surface area is 139 Å². The smallest absolute Gasteiger partial charge is 0.240 e. The van der Waals surface area contributed by atoms with Crippen molar-refractivity contribution in [3.8, 4) is 0 Å². The number of hydrogen-bond donors (Lipinski definition) is 1. The van der Waals surface area contributed by atoms with Gasteiger partial charge in [0, 0.05) is 11.6 Å². The molecule has 3 amide bonds. The van der Waals surface area contributed by atoms with E-state index in [0.29, 0.717) is 24.4 Å². The Morgan fingerprint density at radius 3 is 2.61 bits per heavy atom. The number of imide groups is 1. The highest BCUT2D eigenvalue weighted by molar-refractivity contribution is 6.30. The zero-order valence-corrected chi connectivity index (χ0v) is 13.3. The van der Waals surface area contributed by atoms with Crippen molar-refractivity contribution in [2.45, 2.75) is 19.4 Å². The molecule has 1 aliphatic heterocycles. The van der Waals surface area contributed by atoms with Crippen molar-refractivity contribution in [1.82, 2.24) is 10.2 Å². The fraction of sp³-hybridized carbons (Fsp3) is 0.353. The summed E-state index contributed by atoms with van der Waals surface area (Å²) in [6, 6.07) is 9.46. The minimum atomic E-state index is -0.415. The van der Waals surface area contributed by atoms with E-state index in [1.54, 1.807) is 6.08 Å². The minimum Gasteiger partial charge on any atom is -0.350 e. The molecule has 0 spiro atoms. The Hall–Kier alpha value is -2.14. The van der Waals surface area contributed by atoms with Crippen LogP contribution in [0.2, 0.25) is 0 Å². The van der Waals surface area contributed by atoms with Crippen molar-refractivity contribution in [2.75, 3.05) is 6.54 Å². The number of carbonyl (C=O) groups excluding carboxylic acids is 3. The summed E-state index contributed by atoms with van der Waals surface area (Å²) >= 11 is 5.97. The second-order valence-electron chi connectivity index (χ2n) is 5.83. The van der Waals surface area contributed by atoms with Crippen LogP contribution in [0.3, 0.4) is 0 Å². The maximum atomic E-state index is 12.3. The van der Waals surface area contributed by atoms with Crippen LogP contribution in [0.15, 0.2) is 41.4 Å². The van der Waals surface area contributed by atoms with Gasteiger partial charge in [0.2, 0.25) is 17.7 Å². The lowest BCUT2D eigenvalue weighted by molar-refractivity contribution is -0.143. The molecule has 1 aliphatic carbocycles. The molecule has 0 bridgehead atoms. The predicted molar refractivity (Wildman–Crippen MR) is 85.2 cm³/mol. The number of nitrogens with zero attached hydrogens (tertiary/aromatic N) is 1. The highest BCUT2D eigenvalue weighted by Crippen LogP contribution is 2.38. The first-order valence-corrected chi connectivity index (χ1v) is 7.94. The summed E-state index contributed by atoms with van der Waals surface area (Å²) in [5, 5.41) is 3.35. The van der Waals surface area contributed by atoms with Crippen LogP contribution >= 0.6 is 11.6 Å². The summed E-state index contributed by atoms with van der Waals surface area (Å²) in [6.45, 7) is 0.144. The summed E-state index contributed by atoms with van der Waals surface area (Å²) in [4.78, 5) is 37.8. The summed E-state index contributed by atoms with van der Waals surface area (Å²) < 4.78 is 0. The molecule has 0 radical (unpaired) electrons. The normalized spacial score (nSPS) is 23.5. The first kappa shape index (κ1) is 15.7. The lowest BCUT2D eigenvalue weighted by Crippen LogP contribution is -2.40. The Balaban J connectivity index is 1.59. The molecule has 1 N–H and O–H groups in total. The molecule has 1 saturated heterocycles. The van der Waals surface area contributed by atoms with Gasteiger partial charge in [-0.2, -0.15) is 0 Å². The van der Waals surface area contributed by atoms with Crippen LogP contribution < -0.4 is 5.32 Å². The van der Waals surface area contributed by atoms with Crippen molar-refractivity contribution in [3.63, 3.8) is 0 Å². The lowest BCUT2D eigenvalue weighted by atomic mass is 9.85. The summed E-state index contributed by atoms with van der Waals surface area (Å²) in [5.41, 5.74) is 0.963. The van der Waals surface area contributed by atoms with Crippen molar-refractivity contribution in [3.05, 3.63) is 47.0 Å². The number of carbonyl (C=O) groups is 3. The van der Waals surface area contributed by atoms with Gasteiger partial charge < -0.3 is 5.32 Å². The molecule has 1 aromatic carbocycles. The minimum absolute atomic E-state index is 0.227. The van der Waals surface area contributed by atoms with E-state index >= 15 is 0 Å². The number of fused-ring (bicyclic) bond motifs is 1. The van der Waals surface area contributed by atoms with Crippen LogP contribution in [0.1, 0.15) is 18.4 Å². The van der Waals surface area contributed by atoms with Crippen molar-refractivity contribution >= 4 is 29.3 Å². The SMILES string of the molecule is O=C(CN1C(=O)[C@H]2CC=C(Cl)C[C@@H]2C1=O)NCc1ccccc1. The molecule has 3 rings (SSSR count). The fourth-order valence-electron chi connectivity index (χ4n) is 3.05. The largest absolute Gasteiger partial charge is 0.350 e. The number of benzene rings is 1. The molecule has 5 nitrogen and oxygen atoms in total. The Bertz CT molecular complexity index is 672. The molecule has 2 aliphatic rings. The van der Waals surface area contributed by atoms with Gasteiger partial charge in [-0.1, -0.05) is 48.0 Å². The third-order valence-corrected chi connectivity index (χ3v) is 4.60. The maximum Gasteiger partial charge on any atom is 0.240 e. The van der Waals surface area contributed by atoms with Crippen molar-refractivity contribution in [1.29, 1.82) is 0 Å². The predicted octanol–water partition coefficient (Wildman–Crippen LogP) is 1.82. The highest BCUT2D eigenvalue weighted by Gasteiger charge is 2.48. The first-order valence-electron chi connectivity index (χ1n) is 7.56. The van der Waals surface area contributed by atoms with E-state index in [-0.39, 0.29) is 30.2 Å². The van der Waals surface area contributed by atoms with Gasteiger partial charge >= 0.3 is 0 Å². The second kappa shape index (κ2) is 6.54. The average molecular weight is 333 g/mol. The number of nitrogens with one attached hydrogen (secondary N) is 1. The van der Waals surface area contributed by atoms with E-state index in [1.807, 2.05) is 30.3 Å². The van der Waals surface area contributed by atoms with E-state index in [4.69, 9.17) is 11.6 Å². The van der Waals surface area contributed by atoms with Crippen LogP contribution in [0.5, 0.6) is 0 Å². The molecule has 1 heterocycles. The van der Waals surface area contributed by atoms with E-state index < -0.39 is 5.92 Å². The monoisotopic (exact) mass is 332 g/mol. The number of likely N-dealkylation sites (tertiary alicyclic amines) is 1. The van der Waals surface area contributed by atoms with Gasteiger partial charge in [0.15, 0.2) is 0 Å². The topological polar surface area (TPSA) is 66.5 Å². The molecule has 23 heavy (non-hydrogen) atoms. The number of rotatable bonds is 4. The van der Waals surface area contributed by atoms with Gasteiger partial charge in [-0.05, 0) is 18.4 Å². The van der Waals surface area contributed by atoms with Crippen LogP contribution in [-0.2, 0) is 20.9 Å². The number of halogens is 1. The van der Waals surface area contributed by atoms with E-state index in [1.165, 1.54) is 0 Å². The lowest BCUT2D eigenvalue weighted by Gasteiger charge is -2.17. The summed E-state index contributed by atoms with van der Waals surface area (Å²) in [6.07, 6.45) is 2.64. The van der Waals surface area contributed by atoms with Crippen molar-refractivity contribution in [2.24, 2.45) is 11.8 Å². The zero-order valence-electron chi connectivity index (χ0n) is 12.5. The molecule has 2 atom stereocenters. The molecular weight excluding hydrogens is 316 g/mol. The first-order chi connectivity index (χ1) is 11.1. The molecule has 1 fully saturated rings. The van der Waals surface area contributed by atoms with Crippen molar-refractivity contribution < 1.29 is 14.4 Å². The van der Waals surface area contributed by atoms with Crippen LogP contribution in [0.4, 0.5) is 0 Å². The van der Waals surface area contributed by atoms with E-state index in [9.17, 15) is 14.4 Å². The van der Waals surface area contributed by atoms with Gasteiger partial charge in [-0.25, -0.2) is 0 Å². The molecule has 0 saturated carbocycles. The number of hydrogen-bond acceptors (Lipinski definition) is 3. The Morgan fingerprint density at radius 2 is 1.87 bits per heavy atom. The molecule has 120 valence electrons. The number of allylic oxidation sites excluding steroid dienone is 2. The van der Waals surface area contributed by atoms with E-state index in [2.05, 4.69) is 5.32 Å². The summed E-state index contributed by atoms with van der Waals surface area (Å²) in [5.74, 6) is -1.68. The van der Waals surface area contributed by atoms with Gasteiger partial charge in [-0.3, -0.25) is 19.3 Å². The van der Waals surface area contributed by atoms with Gasteiger partial charge in [0.25, 0.3) is 0 Å². The molecule has 0 unspecified atom stereocenters. The summed E-state index contributed by atoms with van der Waals surface area (Å²) in [7, 11) is 0. The third kappa shape index (κ3) is 3.29.